The highest BCUT2D eigenvalue weighted by Gasteiger charge is 2.32. The highest BCUT2D eigenvalue weighted by atomic mass is 79.9. The number of ether oxygens (including phenoxy) is 1. The summed E-state index contributed by atoms with van der Waals surface area (Å²) >= 11 is 9.27. The summed E-state index contributed by atoms with van der Waals surface area (Å²) in [5.74, 6) is -0.0579. The Morgan fingerprint density at radius 2 is 2.30 bits per heavy atom. The smallest absolute Gasteiger partial charge is 0.147 e. The van der Waals surface area contributed by atoms with Gasteiger partial charge >= 0.3 is 0 Å². The molecule has 1 fully saturated rings. The zero-order valence-electron chi connectivity index (χ0n) is 11.8. The van der Waals surface area contributed by atoms with Gasteiger partial charge in [-0.3, -0.25) is 0 Å². The third kappa shape index (κ3) is 3.53. The number of nitrogens with one attached hydrogen (secondary N) is 1. The molecule has 1 N–H and O–H groups in total. The zero-order valence-corrected chi connectivity index (χ0v) is 14.1. The van der Waals surface area contributed by atoms with Gasteiger partial charge in [-0.05, 0) is 48.3 Å². The van der Waals surface area contributed by atoms with Crippen molar-refractivity contribution in [3.05, 3.63) is 33.0 Å². The molecule has 1 heterocycles. The molecule has 1 saturated heterocycles. The van der Waals surface area contributed by atoms with Gasteiger partial charge in [-0.2, -0.15) is 0 Å². The van der Waals surface area contributed by atoms with E-state index in [1.165, 1.54) is 0 Å². The van der Waals surface area contributed by atoms with Gasteiger partial charge in [0.05, 0.1) is 17.7 Å². The van der Waals surface area contributed by atoms with Gasteiger partial charge in [0, 0.05) is 22.0 Å². The maximum absolute atomic E-state index is 14.4. The van der Waals surface area contributed by atoms with Crippen LogP contribution in [0.4, 0.5) is 4.39 Å². The standard InChI is InChI=1S/C15H20BrClFNO/c1-3-6-19-15(10-7-9(2)20-8-10)11-4-5-12(16)13(17)14(11)18/h4-5,9-10,15,19H,3,6-8H2,1-2H3. The van der Waals surface area contributed by atoms with Crippen LogP contribution in [-0.4, -0.2) is 19.3 Å². The summed E-state index contributed by atoms with van der Waals surface area (Å²) in [6.07, 6.45) is 2.18. The SMILES string of the molecule is CCCNC(c1ccc(Br)c(Cl)c1F)C1COC(C)C1. The third-order valence-electron chi connectivity index (χ3n) is 3.72. The molecule has 20 heavy (non-hydrogen) atoms. The van der Waals surface area contributed by atoms with E-state index in [9.17, 15) is 4.39 Å². The maximum Gasteiger partial charge on any atom is 0.147 e. The Morgan fingerprint density at radius 1 is 1.55 bits per heavy atom. The second kappa shape index (κ2) is 7.21. The van der Waals surface area contributed by atoms with Gasteiger partial charge in [0.2, 0.25) is 0 Å². The normalized spacial score (nSPS) is 24.1. The summed E-state index contributed by atoms with van der Waals surface area (Å²) in [4.78, 5) is 0. The number of hydrogen-bond donors (Lipinski definition) is 1. The minimum absolute atomic E-state index is 0.0505. The van der Waals surface area contributed by atoms with Crippen LogP contribution in [0.2, 0.25) is 5.02 Å². The van der Waals surface area contributed by atoms with Crippen LogP contribution in [0.25, 0.3) is 0 Å². The highest BCUT2D eigenvalue weighted by molar-refractivity contribution is 9.10. The first-order valence-electron chi connectivity index (χ1n) is 7.03. The predicted octanol–water partition coefficient (Wildman–Crippen LogP) is 4.71. The van der Waals surface area contributed by atoms with Gasteiger partial charge in [-0.25, -0.2) is 4.39 Å². The molecule has 2 rings (SSSR count). The van der Waals surface area contributed by atoms with Crippen molar-refractivity contribution in [1.29, 1.82) is 0 Å². The van der Waals surface area contributed by atoms with E-state index >= 15 is 0 Å². The lowest BCUT2D eigenvalue weighted by molar-refractivity contribution is 0.116. The molecule has 0 saturated carbocycles. The Hall–Kier alpha value is -0.160. The molecular formula is C15H20BrClFNO. The van der Waals surface area contributed by atoms with Gasteiger partial charge in [0.25, 0.3) is 0 Å². The minimum atomic E-state index is -0.339. The molecule has 1 aliphatic rings. The van der Waals surface area contributed by atoms with E-state index in [4.69, 9.17) is 16.3 Å². The molecule has 112 valence electrons. The molecule has 0 bridgehead atoms. The average Bonchev–Trinajstić information content (AvgIpc) is 2.85. The van der Waals surface area contributed by atoms with Gasteiger partial charge in [0.15, 0.2) is 0 Å². The highest BCUT2D eigenvalue weighted by Crippen LogP contribution is 2.36. The summed E-state index contributed by atoms with van der Waals surface area (Å²) in [5, 5.41) is 3.59. The minimum Gasteiger partial charge on any atom is -0.378 e. The molecule has 3 unspecified atom stereocenters. The van der Waals surface area contributed by atoms with Crippen molar-refractivity contribution in [1.82, 2.24) is 5.32 Å². The van der Waals surface area contributed by atoms with E-state index in [-0.39, 0.29) is 28.9 Å². The van der Waals surface area contributed by atoms with Crippen molar-refractivity contribution < 1.29 is 9.13 Å². The number of halogens is 3. The predicted molar refractivity (Wildman–Crippen MR) is 83.7 cm³/mol. The summed E-state index contributed by atoms with van der Waals surface area (Å²) in [5.41, 5.74) is 0.634. The molecule has 2 nitrogen and oxygen atoms in total. The molecule has 0 spiro atoms. The quantitative estimate of drug-likeness (QED) is 0.764. The summed E-state index contributed by atoms with van der Waals surface area (Å²) < 4.78 is 20.7. The number of hydrogen-bond acceptors (Lipinski definition) is 2. The van der Waals surface area contributed by atoms with Gasteiger partial charge in [-0.1, -0.05) is 24.6 Å². The monoisotopic (exact) mass is 363 g/mol. The van der Waals surface area contributed by atoms with Crippen LogP contribution in [-0.2, 0) is 4.74 Å². The molecule has 0 aliphatic carbocycles. The fraction of sp³-hybridized carbons (Fsp3) is 0.600. The van der Waals surface area contributed by atoms with E-state index in [0.29, 0.717) is 16.6 Å². The molecule has 0 aromatic heterocycles. The maximum atomic E-state index is 14.4. The molecule has 1 aromatic carbocycles. The van der Waals surface area contributed by atoms with Crippen LogP contribution < -0.4 is 5.32 Å². The van der Waals surface area contributed by atoms with E-state index in [1.54, 1.807) is 6.07 Å². The first-order chi connectivity index (χ1) is 9.54. The lowest BCUT2D eigenvalue weighted by Crippen LogP contribution is -2.30. The fourth-order valence-electron chi connectivity index (χ4n) is 2.69. The van der Waals surface area contributed by atoms with Crippen molar-refractivity contribution in [3.63, 3.8) is 0 Å². The first-order valence-corrected chi connectivity index (χ1v) is 8.20. The van der Waals surface area contributed by atoms with Crippen LogP contribution in [0, 0.1) is 11.7 Å². The second-order valence-corrected chi connectivity index (χ2v) is 6.57. The van der Waals surface area contributed by atoms with E-state index in [1.807, 2.05) is 6.07 Å². The lowest BCUT2D eigenvalue weighted by atomic mass is 9.90. The third-order valence-corrected chi connectivity index (χ3v) is 4.97. The Kier molecular flexibility index (Phi) is 5.84. The van der Waals surface area contributed by atoms with Gasteiger partial charge in [0.1, 0.15) is 5.82 Å². The molecule has 0 amide bonds. The Bertz CT molecular complexity index is 471. The Labute approximate surface area is 133 Å². The van der Waals surface area contributed by atoms with Crippen molar-refractivity contribution in [2.24, 2.45) is 5.92 Å². The molecular weight excluding hydrogens is 345 g/mol. The van der Waals surface area contributed by atoms with Crippen LogP contribution in [0.15, 0.2) is 16.6 Å². The Morgan fingerprint density at radius 3 is 2.90 bits per heavy atom. The molecule has 0 radical (unpaired) electrons. The average molecular weight is 365 g/mol. The van der Waals surface area contributed by atoms with Crippen molar-refractivity contribution in [3.8, 4) is 0 Å². The summed E-state index contributed by atoms with van der Waals surface area (Å²) in [6, 6.07) is 3.56. The topological polar surface area (TPSA) is 21.3 Å². The molecule has 5 heteroatoms. The van der Waals surface area contributed by atoms with Crippen LogP contribution in [0.5, 0.6) is 0 Å². The largest absolute Gasteiger partial charge is 0.378 e. The van der Waals surface area contributed by atoms with Gasteiger partial charge in [-0.15, -0.1) is 0 Å². The van der Waals surface area contributed by atoms with Crippen LogP contribution in [0.1, 0.15) is 38.3 Å². The van der Waals surface area contributed by atoms with Crippen LogP contribution >= 0.6 is 27.5 Å². The number of benzene rings is 1. The van der Waals surface area contributed by atoms with Crippen molar-refractivity contribution in [2.75, 3.05) is 13.2 Å². The van der Waals surface area contributed by atoms with E-state index in [2.05, 4.69) is 35.1 Å². The summed E-state index contributed by atoms with van der Waals surface area (Å²) in [6.45, 7) is 5.67. The molecule has 1 aromatic rings. The van der Waals surface area contributed by atoms with Crippen molar-refractivity contribution in [2.45, 2.75) is 38.8 Å². The van der Waals surface area contributed by atoms with Crippen molar-refractivity contribution >= 4 is 27.5 Å². The van der Waals surface area contributed by atoms with Gasteiger partial charge < -0.3 is 10.1 Å². The lowest BCUT2D eigenvalue weighted by Gasteiger charge is -2.25. The molecule has 1 aliphatic heterocycles. The summed E-state index contributed by atoms with van der Waals surface area (Å²) in [7, 11) is 0. The second-order valence-electron chi connectivity index (χ2n) is 5.34. The fourth-order valence-corrected chi connectivity index (χ4v) is 3.17. The number of rotatable bonds is 5. The van der Waals surface area contributed by atoms with Crippen LogP contribution in [0.3, 0.4) is 0 Å². The zero-order chi connectivity index (χ0) is 14.7. The van der Waals surface area contributed by atoms with E-state index in [0.717, 1.165) is 19.4 Å². The van der Waals surface area contributed by atoms with E-state index < -0.39 is 0 Å². The first kappa shape index (κ1) is 16.2. The molecule has 3 atom stereocenters. The Balaban J connectivity index is 2.28.